The van der Waals surface area contributed by atoms with Gasteiger partial charge in [-0.3, -0.25) is 9.59 Å². The van der Waals surface area contributed by atoms with Gasteiger partial charge >= 0.3 is 0 Å². The van der Waals surface area contributed by atoms with Crippen LogP contribution in [0.2, 0.25) is 0 Å². The van der Waals surface area contributed by atoms with Crippen molar-refractivity contribution >= 4 is 23.9 Å². The summed E-state index contributed by atoms with van der Waals surface area (Å²) in [5.74, 6) is 0. The van der Waals surface area contributed by atoms with Gasteiger partial charge in [0, 0.05) is 39.6 Å². The fourth-order valence-electron chi connectivity index (χ4n) is 4.94. The molecule has 0 fully saturated rings. The third-order valence-electron chi connectivity index (χ3n) is 7.32. The van der Waals surface area contributed by atoms with Crippen LogP contribution in [0.4, 0.5) is 0 Å². The minimum atomic E-state index is 0.570. The van der Waals surface area contributed by atoms with Crippen LogP contribution in [0.15, 0.2) is 109 Å². The SMILES string of the molecule is CN(C)C=O.CN(C)C=O.N#Cc1ccc(-c2cc3c(cc(-c4ccc(C#N)cc4)n3-c3ccc(C#N)cc3)n2-c2ccc(C#N)cc2)cc1. The van der Waals surface area contributed by atoms with Crippen molar-refractivity contribution in [3.8, 4) is 58.2 Å². The van der Waals surface area contributed by atoms with E-state index in [1.54, 1.807) is 76.7 Å². The zero-order valence-corrected chi connectivity index (χ0v) is 27.9. The summed E-state index contributed by atoms with van der Waals surface area (Å²) in [6.07, 6.45) is 1.50. The Morgan fingerprint density at radius 2 is 0.700 bits per heavy atom. The third kappa shape index (κ3) is 8.11. The number of carbonyl (C=O) groups is 2. The number of fused-ring (bicyclic) bond motifs is 1. The molecule has 0 unspecified atom stereocenters. The fraction of sp³-hybridized carbons (Fsp3) is 0.100. The van der Waals surface area contributed by atoms with Crippen molar-refractivity contribution in [3.05, 3.63) is 131 Å². The van der Waals surface area contributed by atoms with Gasteiger partial charge in [0.05, 0.1) is 69.0 Å². The van der Waals surface area contributed by atoms with E-state index in [1.807, 2.05) is 48.5 Å². The number of hydrogen-bond acceptors (Lipinski definition) is 6. The monoisotopic (exact) mass is 656 g/mol. The first-order chi connectivity index (χ1) is 24.2. The summed E-state index contributed by atoms with van der Waals surface area (Å²) in [5.41, 5.74) is 9.66. The highest BCUT2D eigenvalue weighted by Gasteiger charge is 2.21. The van der Waals surface area contributed by atoms with Crippen molar-refractivity contribution in [1.82, 2.24) is 18.9 Å². The van der Waals surface area contributed by atoms with E-state index in [4.69, 9.17) is 0 Å². The van der Waals surface area contributed by atoms with Crippen molar-refractivity contribution in [2.45, 2.75) is 0 Å². The van der Waals surface area contributed by atoms with Gasteiger partial charge in [-0.15, -0.1) is 0 Å². The first-order valence-electron chi connectivity index (χ1n) is 15.2. The Hall–Kier alpha value is -7.40. The lowest BCUT2D eigenvalue weighted by Crippen LogP contribution is -2.06. The van der Waals surface area contributed by atoms with E-state index < -0.39 is 0 Å². The maximum Gasteiger partial charge on any atom is 0.209 e. The number of benzene rings is 4. The van der Waals surface area contributed by atoms with Gasteiger partial charge in [0.25, 0.3) is 0 Å². The van der Waals surface area contributed by atoms with E-state index in [2.05, 4.69) is 45.5 Å². The minimum absolute atomic E-state index is 0.570. The number of aromatic nitrogens is 2. The van der Waals surface area contributed by atoms with Crippen LogP contribution >= 0.6 is 0 Å². The third-order valence-corrected chi connectivity index (χ3v) is 7.32. The number of amides is 2. The maximum atomic E-state index is 9.43. The quantitative estimate of drug-likeness (QED) is 0.184. The average molecular weight is 657 g/mol. The van der Waals surface area contributed by atoms with Gasteiger partial charge < -0.3 is 18.9 Å². The second-order valence-corrected chi connectivity index (χ2v) is 11.3. The average Bonchev–Trinajstić information content (AvgIpc) is 3.72. The summed E-state index contributed by atoms with van der Waals surface area (Å²) >= 11 is 0. The van der Waals surface area contributed by atoms with Gasteiger partial charge in [-0.05, 0) is 96.1 Å². The Balaban J connectivity index is 0.000000496. The number of carbonyl (C=O) groups excluding carboxylic acids is 2. The van der Waals surface area contributed by atoms with Crippen LogP contribution < -0.4 is 0 Å². The summed E-state index contributed by atoms with van der Waals surface area (Å²) in [6, 6.07) is 42.7. The van der Waals surface area contributed by atoms with Gasteiger partial charge in [-0.1, -0.05) is 24.3 Å². The van der Waals surface area contributed by atoms with Crippen LogP contribution in [0.1, 0.15) is 22.3 Å². The predicted molar refractivity (Wildman–Crippen MR) is 192 cm³/mol. The summed E-state index contributed by atoms with van der Waals surface area (Å²) in [6.45, 7) is 0. The fourth-order valence-corrected chi connectivity index (χ4v) is 4.94. The molecule has 0 saturated heterocycles. The molecule has 0 spiro atoms. The molecule has 6 rings (SSSR count). The second kappa shape index (κ2) is 16.4. The van der Waals surface area contributed by atoms with E-state index in [0.29, 0.717) is 22.3 Å². The van der Waals surface area contributed by atoms with E-state index in [0.717, 1.165) is 57.7 Å². The smallest absolute Gasteiger partial charge is 0.209 e. The van der Waals surface area contributed by atoms with Gasteiger partial charge in [-0.25, -0.2) is 0 Å². The van der Waals surface area contributed by atoms with Crippen molar-refractivity contribution in [2.24, 2.45) is 0 Å². The zero-order valence-electron chi connectivity index (χ0n) is 27.9. The van der Waals surface area contributed by atoms with Gasteiger partial charge in [-0.2, -0.15) is 21.0 Å². The standard InChI is InChI=1S/C34H18N6.2C3H7NO/c35-19-23-1-9-27(10-2-23)31-17-33-34(39(31)29-13-5-25(21-37)6-14-29)18-32(28-11-3-24(20-36)4-12-28)40(33)30-15-7-26(22-38)8-16-30;2*1-4(2)3-5/h1-18H;2*3H,1-2H3. The lowest BCUT2D eigenvalue weighted by molar-refractivity contribution is -0.116. The summed E-state index contributed by atoms with van der Waals surface area (Å²) in [4.78, 5) is 21.8. The van der Waals surface area contributed by atoms with E-state index in [1.165, 1.54) is 9.80 Å². The van der Waals surface area contributed by atoms with Gasteiger partial charge in [0.15, 0.2) is 0 Å². The first-order valence-corrected chi connectivity index (χ1v) is 15.2. The molecule has 0 bridgehead atoms. The zero-order chi connectivity index (χ0) is 36.2. The minimum Gasteiger partial charge on any atom is -0.351 e. The van der Waals surface area contributed by atoms with Gasteiger partial charge in [0.2, 0.25) is 12.8 Å². The lowest BCUT2D eigenvalue weighted by Gasteiger charge is -2.12. The molecule has 0 saturated carbocycles. The number of rotatable bonds is 6. The number of hydrogen-bond donors (Lipinski definition) is 0. The van der Waals surface area contributed by atoms with E-state index >= 15 is 0 Å². The summed E-state index contributed by atoms with van der Waals surface area (Å²) < 4.78 is 4.29. The Morgan fingerprint density at radius 1 is 0.460 bits per heavy atom. The maximum absolute atomic E-state index is 9.43. The molecule has 0 aliphatic carbocycles. The molecular formula is C40H32N8O2. The van der Waals surface area contributed by atoms with Crippen LogP contribution in [0.5, 0.6) is 0 Å². The van der Waals surface area contributed by atoms with Crippen LogP contribution in [0, 0.1) is 45.3 Å². The molecule has 6 aromatic rings. The molecule has 4 aromatic carbocycles. The van der Waals surface area contributed by atoms with Crippen LogP contribution in [-0.4, -0.2) is 59.9 Å². The summed E-state index contributed by atoms with van der Waals surface area (Å²) in [7, 11) is 6.75. The predicted octanol–water partition coefficient (Wildman–Crippen LogP) is 6.65. The molecule has 2 aromatic heterocycles. The topological polar surface area (TPSA) is 146 Å². The second-order valence-electron chi connectivity index (χ2n) is 11.3. The molecular weight excluding hydrogens is 624 g/mol. The van der Waals surface area contributed by atoms with Gasteiger partial charge in [0.1, 0.15) is 0 Å². The van der Waals surface area contributed by atoms with Crippen molar-refractivity contribution in [2.75, 3.05) is 28.2 Å². The Labute approximate surface area is 290 Å². The molecule has 0 aliphatic rings. The van der Waals surface area contributed by atoms with Crippen LogP contribution in [0.3, 0.4) is 0 Å². The number of nitrogens with zero attached hydrogens (tertiary/aromatic N) is 8. The first kappa shape index (κ1) is 35.5. The molecule has 0 atom stereocenters. The van der Waals surface area contributed by atoms with E-state index in [9.17, 15) is 30.6 Å². The molecule has 50 heavy (non-hydrogen) atoms. The highest BCUT2D eigenvalue weighted by Crippen LogP contribution is 2.38. The van der Waals surface area contributed by atoms with Crippen LogP contribution in [-0.2, 0) is 9.59 Å². The normalized spacial score (nSPS) is 9.68. The van der Waals surface area contributed by atoms with Crippen molar-refractivity contribution < 1.29 is 9.59 Å². The highest BCUT2D eigenvalue weighted by atomic mass is 16.1. The molecule has 0 aliphatic heterocycles. The van der Waals surface area contributed by atoms with Crippen molar-refractivity contribution in [3.63, 3.8) is 0 Å². The molecule has 2 amide bonds. The Bertz CT molecular complexity index is 2100. The Kier molecular flexibility index (Phi) is 11.7. The van der Waals surface area contributed by atoms with Crippen LogP contribution in [0.25, 0.3) is 44.9 Å². The van der Waals surface area contributed by atoms with E-state index in [-0.39, 0.29) is 0 Å². The number of nitriles is 4. The van der Waals surface area contributed by atoms with Crippen molar-refractivity contribution in [1.29, 1.82) is 21.0 Å². The summed E-state index contributed by atoms with van der Waals surface area (Å²) in [5, 5.41) is 37.3. The molecule has 0 radical (unpaired) electrons. The Morgan fingerprint density at radius 3 is 0.920 bits per heavy atom. The molecule has 244 valence electrons. The molecule has 2 heterocycles. The molecule has 10 nitrogen and oxygen atoms in total. The highest BCUT2D eigenvalue weighted by molar-refractivity contribution is 5.93. The largest absolute Gasteiger partial charge is 0.351 e. The lowest BCUT2D eigenvalue weighted by atomic mass is 10.1. The molecule has 0 N–H and O–H groups in total. The molecule has 10 heteroatoms.